The molecule has 1 aromatic carbocycles. The Hall–Kier alpha value is -3.34. The zero-order valence-corrected chi connectivity index (χ0v) is 15.6. The molecule has 3 aromatic heterocycles. The van der Waals surface area contributed by atoms with Crippen molar-refractivity contribution in [3.05, 3.63) is 78.6 Å². The predicted molar refractivity (Wildman–Crippen MR) is 110 cm³/mol. The van der Waals surface area contributed by atoms with Crippen molar-refractivity contribution in [3.8, 4) is 17.1 Å². The molecule has 140 valence electrons. The summed E-state index contributed by atoms with van der Waals surface area (Å²) in [7, 11) is 0. The van der Waals surface area contributed by atoms with Gasteiger partial charge in [-0.05, 0) is 49.2 Å². The number of benzene rings is 1. The molecule has 1 aliphatic carbocycles. The fraction of sp³-hybridized carbons (Fsp3) is 0.217. The molecule has 5 nitrogen and oxygen atoms in total. The maximum Gasteiger partial charge on any atom is 0.253 e. The van der Waals surface area contributed by atoms with E-state index >= 15 is 0 Å². The third-order valence-corrected chi connectivity index (χ3v) is 5.48. The molecule has 5 rings (SSSR count). The van der Waals surface area contributed by atoms with Crippen molar-refractivity contribution in [1.82, 2.24) is 19.5 Å². The SMILES string of the molecule is O=C(NC1CCCC1)c1cc(-c2ccn(-c3ccccc3)n2)n2ccccc12. The first-order valence-corrected chi connectivity index (χ1v) is 9.82. The average molecular weight is 370 g/mol. The largest absolute Gasteiger partial charge is 0.349 e. The normalized spacial score (nSPS) is 14.6. The lowest BCUT2D eigenvalue weighted by Gasteiger charge is -2.11. The Morgan fingerprint density at radius 2 is 1.75 bits per heavy atom. The van der Waals surface area contributed by atoms with Crippen LogP contribution in [0.5, 0.6) is 0 Å². The van der Waals surface area contributed by atoms with Crippen molar-refractivity contribution in [2.24, 2.45) is 0 Å². The highest BCUT2D eigenvalue weighted by atomic mass is 16.1. The molecule has 4 aromatic rings. The maximum absolute atomic E-state index is 12.9. The molecule has 1 aliphatic rings. The van der Waals surface area contributed by atoms with Gasteiger partial charge in [-0.1, -0.05) is 37.1 Å². The van der Waals surface area contributed by atoms with Gasteiger partial charge in [0.1, 0.15) is 5.69 Å². The Morgan fingerprint density at radius 3 is 2.57 bits per heavy atom. The summed E-state index contributed by atoms with van der Waals surface area (Å²) >= 11 is 0. The van der Waals surface area contributed by atoms with Crippen molar-refractivity contribution >= 4 is 11.4 Å². The molecule has 0 bridgehead atoms. The van der Waals surface area contributed by atoms with Crippen molar-refractivity contribution < 1.29 is 4.79 Å². The van der Waals surface area contributed by atoms with Crippen LogP contribution in [0.15, 0.2) is 73.1 Å². The molecular formula is C23H22N4O. The van der Waals surface area contributed by atoms with Gasteiger partial charge in [-0.3, -0.25) is 4.79 Å². The van der Waals surface area contributed by atoms with Gasteiger partial charge in [-0.15, -0.1) is 0 Å². The van der Waals surface area contributed by atoms with E-state index in [-0.39, 0.29) is 5.91 Å². The summed E-state index contributed by atoms with van der Waals surface area (Å²) in [6.07, 6.45) is 8.48. The fourth-order valence-corrected chi connectivity index (χ4v) is 4.05. The number of fused-ring (bicyclic) bond motifs is 1. The molecular weight excluding hydrogens is 348 g/mol. The summed E-state index contributed by atoms with van der Waals surface area (Å²) in [5, 5.41) is 7.95. The second-order valence-electron chi connectivity index (χ2n) is 7.34. The van der Waals surface area contributed by atoms with Gasteiger partial charge < -0.3 is 9.72 Å². The van der Waals surface area contributed by atoms with Gasteiger partial charge in [0.05, 0.1) is 22.5 Å². The van der Waals surface area contributed by atoms with Crippen LogP contribution < -0.4 is 5.32 Å². The van der Waals surface area contributed by atoms with Gasteiger partial charge >= 0.3 is 0 Å². The lowest BCUT2D eigenvalue weighted by Crippen LogP contribution is -2.32. The van der Waals surface area contributed by atoms with Crippen molar-refractivity contribution in [2.75, 3.05) is 0 Å². The van der Waals surface area contributed by atoms with Crippen LogP contribution in [-0.2, 0) is 0 Å². The predicted octanol–water partition coefficient (Wildman–Crippen LogP) is 4.46. The fourth-order valence-electron chi connectivity index (χ4n) is 4.05. The lowest BCUT2D eigenvalue weighted by molar-refractivity contribution is 0.0939. The minimum absolute atomic E-state index is 0.00402. The van der Waals surface area contributed by atoms with Crippen molar-refractivity contribution in [2.45, 2.75) is 31.7 Å². The summed E-state index contributed by atoms with van der Waals surface area (Å²) in [5.41, 5.74) is 4.37. The molecule has 3 heterocycles. The van der Waals surface area contributed by atoms with E-state index in [0.29, 0.717) is 11.6 Å². The van der Waals surface area contributed by atoms with Gasteiger partial charge in [0.25, 0.3) is 5.91 Å². The van der Waals surface area contributed by atoms with Crippen LogP contribution in [0.1, 0.15) is 36.0 Å². The number of para-hydroxylation sites is 1. The number of hydrogen-bond acceptors (Lipinski definition) is 2. The number of aromatic nitrogens is 3. The Kier molecular flexibility index (Phi) is 4.20. The highest BCUT2D eigenvalue weighted by Gasteiger charge is 2.22. The van der Waals surface area contributed by atoms with Gasteiger partial charge in [0, 0.05) is 18.4 Å². The summed E-state index contributed by atoms with van der Waals surface area (Å²) in [5.74, 6) is 0.00402. The molecule has 0 atom stereocenters. The Balaban J connectivity index is 1.53. The summed E-state index contributed by atoms with van der Waals surface area (Å²) in [6.45, 7) is 0. The number of rotatable bonds is 4. The molecule has 1 N–H and O–H groups in total. The topological polar surface area (TPSA) is 51.3 Å². The van der Waals surface area contributed by atoms with E-state index in [9.17, 15) is 4.79 Å². The van der Waals surface area contributed by atoms with Gasteiger partial charge in [0.15, 0.2) is 0 Å². The molecule has 0 saturated heterocycles. The smallest absolute Gasteiger partial charge is 0.253 e. The molecule has 0 aliphatic heterocycles. The summed E-state index contributed by atoms with van der Waals surface area (Å²) in [4.78, 5) is 12.9. The van der Waals surface area contributed by atoms with Crippen LogP contribution in [0.2, 0.25) is 0 Å². The maximum atomic E-state index is 12.9. The molecule has 0 spiro atoms. The number of amides is 1. The van der Waals surface area contributed by atoms with Crippen LogP contribution in [0, 0.1) is 0 Å². The van der Waals surface area contributed by atoms with E-state index in [4.69, 9.17) is 5.10 Å². The zero-order chi connectivity index (χ0) is 18.9. The molecule has 28 heavy (non-hydrogen) atoms. The highest BCUT2D eigenvalue weighted by molar-refractivity contribution is 6.02. The zero-order valence-electron chi connectivity index (χ0n) is 15.6. The first-order valence-electron chi connectivity index (χ1n) is 9.82. The number of carbonyl (C=O) groups excluding carboxylic acids is 1. The van der Waals surface area contributed by atoms with Crippen LogP contribution in [0.3, 0.4) is 0 Å². The van der Waals surface area contributed by atoms with E-state index in [1.165, 1.54) is 12.8 Å². The van der Waals surface area contributed by atoms with Crippen molar-refractivity contribution in [1.29, 1.82) is 0 Å². The standard InChI is InChI=1S/C23H22N4O/c28-23(24-17-8-4-5-9-17)19-16-22(26-14-7-6-12-21(19)26)20-13-15-27(25-20)18-10-2-1-3-11-18/h1-3,6-7,10-17H,4-5,8-9H2,(H,24,28). The van der Waals surface area contributed by atoms with E-state index in [2.05, 4.69) is 5.32 Å². The Morgan fingerprint density at radius 1 is 0.964 bits per heavy atom. The van der Waals surface area contributed by atoms with Crippen molar-refractivity contribution in [3.63, 3.8) is 0 Å². The minimum atomic E-state index is 0.00402. The third-order valence-electron chi connectivity index (χ3n) is 5.48. The molecule has 0 unspecified atom stereocenters. The Labute approximate surface area is 163 Å². The van der Waals surface area contributed by atoms with Crippen LogP contribution in [0.4, 0.5) is 0 Å². The second kappa shape index (κ2) is 7.00. The Bertz CT molecular complexity index is 1120. The summed E-state index contributed by atoms with van der Waals surface area (Å²) in [6, 6.07) is 20.2. The monoisotopic (exact) mass is 370 g/mol. The van der Waals surface area contributed by atoms with E-state index < -0.39 is 0 Å². The molecule has 0 radical (unpaired) electrons. The number of hydrogen-bond donors (Lipinski definition) is 1. The third kappa shape index (κ3) is 2.99. The van der Waals surface area contributed by atoms with E-state index in [1.807, 2.05) is 82.1 Å². The van der Waals surface area contributed by atoms with Crippen LogP contribution in [0.25, 0.3) is 22.6 Å². The highest BCUT2D eigenvalue weighted by Crippen LogP contribution is 2.26. The molecule has 1 saturated carbocycles. The van der Waals surface area contributed by atoms with Crippen LogP contribution in [-0.4, -0.2) is 26.1 Å². The first-order chi connectivity index (χ1) is 13.8. The minimum Gasteiger partial charge on any atom is -0.349 e. The number of nitrogens with zero attached hydrogens (tertiary/aromatic N) is 3. The quantitative estimate of drug-likeness (QED) is 0.576. The van der Waals surface area contributed by atoms with E-state index in [1.54, 1.807) is 0 Å². The van der Waals surface area contributed by atoms with Gasteiger partial charge in [-0.2, -0.15) is 5.10 Å². The molecule has 1 amide bonds. The molecule has 1 fully saturated rings. The average Bonchev–Trinajstić information content (AvgIpc) is 3.48. The number of carbonyl (C=O) groups is 1. The van der Waals surface area contributed by atoms with Gasteiger partial charge in [-0.25, -0.2) is 4.68 Å². The van der Waals surface area contributed by atoms with E-state index in [0.717, 1.165) is 35.4 Å². The van der Waals surface area contributed by atoms with Crippen LogP contribution >= 0.6 is 0 Å². The number of nitrogens with one attached hydrogen (secondary N) is 1. The second-order valence-corrected chi connectivity index (χ2v) is 7.34. The van der Waals surface area contributed by atoms with Gasteiger partial charge in [0.2, 0.25) is 0 Å². The lowest BCUT2D eigenvalue weighted by atomic mass is 10.2. The first kappa shape index (κ1) is 16.8. The molecule has 5 heteroatoms. The summed E-state index contributed by atoms with van der Waals surface area (Å²) < 4.78 is 3.90. The number of pyridine rings is 1.